The van der Waals surface area contributed by atoms with Gasteiger partial charge in [-0.25, -0.2) is 0 Å². The van der Waals surface area contributed by atoms with Crippen molar-refractivity contribution >= 4 is 47.7 Å². The highest BCUT2D eigenvalue weighted by Gasteiger charge is 2.22. The number of benzene rings is 1. The van der Waals surface area contributed by atoms with Gasteiger partial charge >= 0.3 is 0 Å². The monoisotopic (exact) mass is 401 g/mol. The number of amides is 1. The molecule has 11 heteroatoms. The van der Waals surface area contributed by atoms with Crippen molar-refractivity contribution in [2.45, 2.75) is 13.5 Å². The van der Waals surface area contributed by atoms with Crippen LogP contribution in [0.15, 0.2) is 28.7 Å². The minimum atomic E-state index is -1.78. The van der Waals surface area contributed by atoms with Crippen LogP contribution in [0.1, 0.15) is 21.9 Å². The molecule has 0 radical (unpaired) electrons. The summed E-state index contributed by atoms with van der Waals surface area (Å²) in [6.07, 6.45) is 0. The van der Waals surface area contributed by atoms with Gasteiger partial charge in [-0.2, -0.15) is 0 Å². The van der Waals surface area contributed by atoms with Gasteiger partial charge in [0.1, 0.15) is 19.4 Å². The minimum absolute atomic E-state index is 0.187. The van der Waals surface area contributed by atoms with Gasteiger partial charge in [0.2, 0.25) is 11.6 Å². The molecule has 1 aromatic carbocycles. The Kier molecular flexibility index (Phi) is 5.57. The number of hydrogen-bond acceptors (Lipinski definition) is 8. The molecule has 3 rings (SSSR count). The lowest BCUT2D eigenvalue weighted by atomic mass is 9.88. The molecule has 0 aliphatic heterocycles. The molecule has 0 saturated heterocycles. The van der Waals surface area contributed by atoms with Crippen LogP contribution in [0.4, 0.5) is 17.3 Å². The Morgan fingerprint density at radius 2 is 2.00 bits per heavy atom. The second kappa shape index (κ2) is 7.91. The SMILES string of the molecule is Bc1ccc(Nc2n[s+]([O-])nc2NCc2ccc(C)o2)c(O)c1C(=O)N(C)C. The summed E-state index contributed by atoms with van der Waals surface area (Å²) >= 11 is -1.78. The molecule has 2 heterocycles. The average molecular weight is 401 g/mol. The molecule has 3 N–H and O–H groups in total. The molecule has 1 unspecified atom stereocenters. The Morgan fingerprint density at radius 3 is 2.64 bits per heavy atom. The molecular formula is C17H20BN5O4S. The average Bonchev–Trinajstić information content (AvgIpc) is 3.20. The largest absolute Gasteiger partial charge is 0.546 e. The van der Waals surface area contributed by atoms with Gasteiger partial charge in [0.05, 0.1) is 17.8 Å². The van der Waals surface area contributed by atoms with E-state index in [1.54, 1.807) is 34.1 Å². The van der Waals surface area contributed by atoms with Gasteiger partial charge in [0.25, 0.3) is 5.91 Å². The first-order valence-corrected chi connectivity index (χ1v) is 9.53. The van der Waals surface area contributed by atoms with E-state index in [4.69, 9.17) is 4.42 Å². The van der Waals surface area contributed by atoms with Crippen molar-refractivity contribution in [3.63, 3.8) is 0 Å². The van der Waals surface area contributed by atoms with Crippen LogP contribution in [-0.4, -0.2) is 51.2 Å². The number of anilines is 3. The number of nitrogens with zero attached hydrogens (tertiary/aromatic N) is 3. The summed E-state index contributed by atoms with van der Waals surface area (Å²) in [5.74, 6) is 1.41. The van der Waals surface area contributed by atoms with Crippen LogP contribution in [-0.2, 0) is 6.54 Å². The van der Waals surface area contributed by atoms with Crippen molar-refractivity contribution < 1.29 is 18.9 Å². The van der Waals surface area contributed by atoms with Crippen molar-refractivity contribution in [2.75, 3.05) is 24.7 Å². The third-order valence-electron chi connectivity index (χ3n) is 4.05. The predicted molar refractivity (Wildman–Crippen MR) is 109 cm³/mol. The van der Waals surface area contributed by atoms with Crippen LogP contribution >= 0.6 is 11.1 Å². The summed E-state index contributed by atoms with van der Waals surface area (Å²) in [4.78, 5) is 13.7. The molecule has 0 aliphatic rings. The third kappa shape index (κ3) is 4.10. The van der Waals surface area contributed by atoms with Crippen molar-refractivity contribution in [1.82, 2.24) is 13.6 Å². The van der Waals surface area contributed by atoms with Gasteiger partial charge < -0.3 is 29.6 Å². The van der Waals surface area contributed by atoms with E-state index in [2.05, 4.69) is 19.4 Å². The van der Waals surface area contributed by atoms with Crippen LogP contribution in [0.3, 0.4) is 0 Å². The van der Waals surface area contributed by atoms with Crippen molar-refractivity contribution in [2.24, 2.45) is 0 Å². The summed E-state index contributed by atoms with van der Waals surface area (Å²) in [6, 6.07) is 6.99. The maximum Gasteiger partial charge on any atom is 0.256 e. The number of carbonyl (C=O) groups excluding carboxylic acids is 1. The maximum absolute atomic E-state index is 12.4. The fraction of sp³-hybridized carbons (Fsp3) is 0.235. The number of nitrogens with one attached hydrogen (secondary N) is 2. The van der Waals surface area contributed by atoms with E-state index in [1.807, 2.05) is 19.1 Å². The second-order valence-electron chi connectivity index (χ2n) is 6.45. The van der Waals surface area contributed by atoms with Gasteiger partial charge in [-0.05, 0) is 25.1 Å². The molecule has 2 aromatic heterocycles. The molecule has 0 fully saturated rings. The van der Waals surface area contributed by atoms with E-state index in [0.29, 0.717) is 17.8 Å². The summed E-state index contributed by atoms with van der Waals surface area (Å²) in [5.41, 5.74) is 1.09. The maximum atomic E-state index is 12.4. The Balaban J connectivity index is 1.86. The molecule has 28 heavy (non-hydrogen) atoms. The molecule has 9 nitrogen and oxygen atoms in total. The first kappa shape index (κ1) is 19.7. The fourth-order valence-electron chi connectivity index (χ4n) is 2.63. The summed E-state index contributed by atoms with van der Waals surface area (Å²) in [7, 11) is 4.95. The summed E-state index contributed by atoms with van der Waals surface area (Å²) in [6.45, 7) is 2.17. The van der Waals surface area contributed by atoms with Crippen LogP contribution in [0.5, 0.6) is 5.75 Å². The first-order valence-electron chi connectivity index (χ1n) is 8.46. The number of aromatic hydroxyl groups is 1. The molecule has 0 spiro atoms. The Hall–Kier alpha value is -3.05. The molecular weight excluding hydrogens is 381 g/mol. The summed E-state index contributed by atoms with van der Waals surface area (Å²) in [5, 5.41) is 16.5. The highest BCUT2D eigenvalue weighted by molar-refractivity contribution is 7.14. The van der Waals surface area contributed by atoms with E-state index in [9.17, 15) is 14.5 Å². The van der Waals surface area contributed by atoms with E-state index in [-0.39, 0.29) is 34.5 Å². The number of phenolic OH excluding ortho intramolecular Hbond substituents is 1. The minimum Gasteiger partial charge on any atom is -0.546 e. The standard InChI is InChI=1S/C17H20BN5O4S/c1-9-4-5-10(27-9)8-19-15-16(22-28(26)21-15)20-12-7-6-11(18)13(14(12)24)17(25)23(2)3/h4-7,24H,8,18H2,1-3H3,(H,19,21)(H,20,22). The lowest BCUT2D eigenvalue weighted by Crippen LogP contribution is -2.28. The Bertz CT molecular complexity index is 1020. The number of hydrogen-bond donors (Lipinski definition) is 3. The van der Waals surface area contributed by atoms with Crippen LogP contribution in [0, 0.1) is 6.92 Å². The number of carbonyl (C=O) groups is 1. The first-order chi connectivity index (χ1) is 13.3. The summed E-state index contributed by atoms with van der Waals surface area (Å²) < 4.78 is 25.1. The number of aryl methyl sites for hydroxylation is 1. The highest BCUT2D eigenvalue weighted by atomic mass is 32.2. The molecule has 1 amide bonds. The molecule has 1 atom stereocenters. The second-order valence-corrected chi connectivity index (χ2v) is 7.28. The lowest BCUT2D eigenvalue weighted by Gasteiger charge is -2.16. The topological polar surface area (TPSA) is 127 Å². The Morgan fingerprint density at radius 1 is 1.29 bits per heavy atom. The van der Waals surface area contributed by atoms with E-state index in [0.717, 1.165) is 5.76 Å². The fourth-order valence-corrected chi connectivity index (χ4v) is 3.26. The van der Waals surface area contributed by atoms with Crippen LogP contribution < -0.4 is 16.1 Å². The number of furan rings is 1. The van der Waals surface area contributed by atoms with Crippen molar-refractivity contribution in [3.8, 4) is 5.75 Å². The van der Waals surface area contributed by atoms with E-state index < -0.39 is 11.1 Å². The number of aromatic nitrogens is 2. The van der Waals surface area contributed by atoms with Crippen molar-refractivity contribution in [1.29, 1.82) is 0 Å². The quantitative estimate of drug-likeness (QED) is 0.319. The zero-order valence-corrected chi connectivity index (χ0v) is 16.8. The van der Waals surface area contributed by atoms with E-state index >= 15 is 0 Å². The third-order valence-corrected chi connectivity index (χ3v) is 4.73. The van der Waals surface area contributed by atoms with Gasteiger partial charge in [-0.3, -0.25) is 4.79 Å². The van der Waals surface area contributed by atoms with Crippen LogP contribution in [0.25, 0.3) is 0 Å². The number of rotatable bonds is 6. The molecule has 0 saturated carbocycles. The smallest absolute Gasteiger partial charge is 0.256 e. The lowest BCUT2D eigenvalue weighted by molar-refractivity contribution is 0.0826. The molecule has 0 aliphatic carbocycles. The zero-order chi connectivity index (χ0) is 20.4. The number of phenols is 1. The van der Waals surface area contributed by atoms with Gasteiger partial charge in [-0.15, -0.1) is 0 Å². The molecule has 146 valence electrons. The molecule has 3 aromatic rings. The Labute approximate surface area is 165 Å². The highest BCUT2D eigenvalue weighted by Crippen LogP contribution is 2.33. The van der Waals surface area contributed by atoms with Gasteiger partial charge in [0.15, 0.2) is 16.9 Å². The van der Waals surface area contributed by atoms with Crippen LogP contribution in [0.2, 0.25) is 0 Å². The zero-order valence-electron chi connectivity index (χ0n) is 15.9. The van der Waals surface area contributed by atoms with Gasteiger partial charge in [-0.1, -0.05) is 11.5 Å². The van der Waals surface area contributed by atoms with Crippen molar-refractivity contribution in [3.05, 3.63) is 41.3 Å². The van der Waals surface area contributed by atoms with E-state index in [1.165, 1.54) is 4.90 Å². The van der Waals surface area contributed by atoms with Gasteiger partial charge in [0, 0.05) is 22.8 Å². The molecule has 0 bridgehead atoms. The predicted octanol–water partition coefficient (Wildman–Crippen LogP) is 1.13. The normalized spacial score (nSPS) is 11.4.